The van der Waals surface area contributed by atoms with Crippen LogP contribution in [0.4, 0.5) is 4.39 Å². The number of carbonyl (C=O) groups is 2. The molecule has 0 aliphatic heterocycles. The van der Waals surface area contributed by atoms with Gasteiger partial charge >= 0.3 is 5.97 Å². The predicted octanol–water partition coefficient (Wildman–Crippen LogP) is 3.71. The first-order chi connectivity index (χ1) is 9.99. The van der Waals surface area contributed by atoms with Gasteiger partial charge in [-0.2, -0.15) is 0 Å². The molecule has 1 atom stereocenters. The number of carbonyl (C=O) groups excluding carboxylic acids is 2. The molecule has 0 aromatic heterocycles. The standard InChI is InChI=1S/C16H18ClFO3/c1-2-21-15(20)16(8-4-3-5-14(16)19)10-11-9-12(18)6-7-13(11)17/h6-7,9H,2-5,8,10H2,1H3. The predicted molar refractivity (Wildman–Crippen MR) is 77.7 cm³/mol. The Labute approximate surface area is 128 Å². The Morgan fingerprint density at radius 1 is 1.43 bits per heavy atom. The van der Waals surface area contributed by atoms with Crippen LogP contribution in [0.15, 0.2) is 18.2 Å². The normalized spacial score (nSPS) is 22.1. The lowest BCUT2D eigenvalue weighted by molar-refractivity contribution is -0.162. The van der Waals surface area contributed by atoms with Crippen molar-refractivity contribution in [3.63, 3.8) is 0 Å². The van der Waals surface area contributed by atoms with Crippen molar-refractivity contribution in [1.82, 2.24) is 0 Å². The van der Waals surface area contributed by atoms with E-state index in [0.29, 0.717) is 23.4 Å². The third kappa shape index (κ3) is 3.26. The molecule has 1 aliphatic carbocycles. The fraction of sp³-hybridized carbons (Fsp3) is 0.500. The van der Waals surface area contributed by atoms with E-state index in [9.17, 15) is 14.0 Å². The Hall–Kier alpha value is -1.42. The van der Waals surface area contributed by atoms with Gasteiger partial charge in [-0.15, -0.1) is 0 Å². The molecule has 1 saturated carbocycles. The Balaban J connectivity index is 2.38. The summed E-state index contributed by atoms with van der Waals surface area (Å²) in [7, 11) is 0. The summed E-state index contributed by atoms with van der Waals surface area (Å²) in [6, 6.07) is 3.98. The van der Waals surface area contributed by atoms with E-state index in [1.807, 2.05) is 0 Å². The van der Waals surface area contributed by atoms with Crippen LogP contribution in [0.2, 0.25) is 5.02 Å². The van der Waals surface area contributed by atoms with Crippen molar-refractivity contribution in [3.8, 4) is 0 Å². The molecule has 0 heterocycles. The Morgan fingerprint density at radius 3 is 2.86 bits per heavy atom. The summed E-state index contributed by atoms with van der Waals surface area (Å²) in [4.78, 5) is 24.7. The van der Waals surface area contributed by atoms with Crippen molar-refractivity contribution >= 4 is 23.4 Å². The van der Waals surface area contributed by atoms with Crippen LogP contribution >= 0.6 is 11.6 Å². The molecule has 21 heavy (non-hydrogen) atoms. The molecule has 0 spiro atoms. The lowest BCUT2D eigenvalue weighted by Crippen LogP contribution is -2.44. The summed E-state index contributed by atoms with van der Waals surface area (Å²) in [6.07, 6.45) is 2.43. The van der Waals surface area contributed by atoms with E-state index < -0.39 is 17.2 Å². The minimum Gasteiger partial charge on any atom is -0.465 e. The summed E-state index contributed by atoms with van der Waals surface area (Å²) >= 11 is 6.08. The van der Waals surface area contributed by atoms with Crippen molar-refractivity contribution < 1.29 is 18.7 Å². The number of halogens is 2. The third-order valence-corrected chi connectivity index (χ3v) is 4.33. The van der Waals surface area contributed by atoms with Gasteiger partial charge in [0.25, 0.3) is 0 Å². The van der Waals surface area contributed by atoms with Crippen LogP contribution < -0.4 is 0 Å². The molecule has 1 fully saturated rings. The Morgan fingerprint density at radius 2 is 2.19 bits per heavy atom. The summed E-state index contributed by atoms with van der Waals surface area (Å²) in [5.41, 5.74) is -0.744. The maximum Gasteiger partial charge on any atom is 0.319 e. The highest BCUT2D eigenvalue weighted by molar-refractivity contribution is 6.31. The second kappa shape index (κ2) is 6.56. The topological polar surface area (TPSA) is 43.4 Å². The molecule has 0 amide bonds. The molecular weight excluding hydrogens is 295 g/mol. The highest BCUT2D eigenvalue weighted by Gasteiger charge is 2.48. The zero-order valence-corrected chi connectivity index (χ0v) is 12.7. The van der Waals surface area contributed by atoms with Gasteiger partial charge in [-0.3, -0.25) is 9.59 Å². The Kier molecular flexibility index (Phi) is 4.99. The van der Waals surface area contributed by atoms with E-state index in [1.165, 1.54) is 18.2 Å². The fourth-order valence-corrected chi connectivity index (χ4v) is 3.02. The average Bonchev–Trinajstić information content (AvgIpc) is 2.45. The number of rotatable bonds is 4. The van der Waals surface area contributed by atoms with Crippen LogP contribution in [0, 0.1) is 11.2 Å². The van der Waals surface area contributed by atoms with E-state index >= 15 is 0 Å². The molecule has 0 N–H and O–H groups in total. The van der Waals surface area contributed by atoms with E-state index in [-0.39, 0.29) is 18.8 Å². The number of ether oxygens (including phenoxy) is 1. The number of hydrogen-bond donors (Lipinski definition) is 0. The quantitative estimate of drug-likeness (QED) is 0.628. The molecule has 1 aromatic rings. The van der Waals surface area contributed by atoms with Gasteiger partial charge in [0.05, 0.1) is 6.61 Å². The van der Waals surface area contributed by atoms with Crippen molar-refractivity contribution in [2.24, 2.45) is 5.41 Å². The minimum absolute atomic E-state index is 0.0985. The average molecular weight is 313 g/mol. The van der Waals surface area contributed by atoms with E-state index in [2.05, 4.69) is 0 Å². The van der Waals surface area contributed by atoms with Crippen molar-refractivity contribution in [2.45, 2.75) is 39.0 Å². The van der Waals surface area contributed by atoms with Crippen LogP contribution in [0.25, 0.3) is 0 Å². The van der Waals surface area contributed by atoms with Gasteiger partial charge in [-0.05, 0) is 49.9 Å². The largest absolute Gasteiger partial charge is 0.465 e. The number of esters is 1. The van der Waals surface area contributed by atoms with Crippen molar-refractivity contribution in [3.05, 3.63) is 34.6 Å². The number of hydrogen-bond acceptors (Lipinski definition) is 3. The molecule has 3 nitrogen and oxygen atoms in total. The van der Waals surface area contributed by atoms with E-state index in [0.717, 1.165) is 12.8 Å². The van der Waals surface area contributed by atoms with Crippen LogP contribution in [0.5, 0.6) is 0 Å². The smallest absolute Gasteiger partial charge is 0.319 e. The molecular formula is C16H18ClFO3. The minimum atomic E-state index is -1.22. The van der Waals surface area contributed by atoms with Crippen molar-refractivity contribution in [2.75, 3.05) is 6.61 Å². The number of ketones is 1. The Bertz CT molecular complexity index is 558. The van der Waals surface area contributed by atoms with Gasteiger partial charge in [0.2, 0.25) is 0 Å². The highest BCUT2D eigenvalue weighted by atomic mass is 35.5. The van der Waals surface area contributed by atoms with Gasteiger partial charge < -0.3 is 4.74 Å². The maximum absolute atomic E-state index is 13.4. The molecule has 2 rings (SSSR count). The van der Waals surface area contributed by atoms with Gasteiger partial charge in [0.1, 0.15) is 11.2 Å². The third-order valence-electron chi connectivity index (χ3n) is 3.96. The lowest BCUT2D eigenvalue weighted by atomic mass is 9.69. The molecule has 1 unspecified atom stereocenters. The fourth-order valence-electron chi connectivity index (χ4n) is 2.84. The first kappa shape index (κ1) is 16.0. The monoisotopic (exact) mass is 312 g/mol. The summed E-state index contributed by atoms with van der Waals surface area (Å²) < 4.78 is 18.5. The van der Waals surface area contributed by atoms with Gasteiger partial charge in [-0.1, -0.05) is 18.0 Å². The number of Topliss-reactive ketones (excluding diaryl/α,β-unsaturated/α-hetero) is 1. The van der Waals surface area contributed by atoms with Gasteiger partial charge in [0.15, 0.2) is 5.78 Å². The second-order valence-electron chi connectivity index (χ2n) is 5.35. The zero-order chi connectivity index (χ0) is 15.5. The van der Waals surface area contributed by atoms with Crippen LogP contribution in [-0.4, -0.2) is 18.4 Å². The van der Waals surface area contributed by atoms with Crippen LogP contribution in [0.1, 0.15) is 38.2 Å². The molecule has 0 radical (unpaired) electrons. The maximum atomic E-state index is 13.4. The highest BCUT2D eigenvalue weighted by Crippen LogP contribution is 2.39. The van der Waals surface area contributed by atoms with Crippen LogP contribution in [0.3, 0.4) is 0 Å². The lowest BCUT2D eigenvalue weighted by Gasteiger charge is -2.33. The molecule has 5 heteroatoms. The molecule has 1 aromatic carbocycles. The first-order valence-electron chi connectivity index (χ1n) is 7.14. The summed E-state index contributed by atoms with van der Waals surface area (Å²) in [5, 5.41) is 0.360. The van der Waals surface area contributed by atoms with Crippen LogP contribution in [-0.2, 0) is 20.7 Å². The van der Waals surface area contributed by atoms with Crippen molar-refractivity contribution in [1.29, 1.82) is 0 Å². The summed E-state index contributed by atoms with van der Waals surface area (Å²) in [6.45, 7) is 1.92. The molecule has 0 bridgehead atoms. The zero-order valence-electron chi connectivity index (χ0n) is 12.0. The van der Waals surface area contributed by atoms with E-state index in [4.69, 9.17) is 16.3 Å². The van der Waals surface area contributed by atoms with Gasteiger partial charge in [-0.25, -0.2) is 4.39 Å². The molecule has 114 valence electrons. The SMILES string of the molecule is CCOC(=O)C1(Cc2cc(F)ccc2Cl)CCCCC1=O. The first-order valence-corrected chi connectivity index (χ1v) is 7.52. The number of benzene rings is 1. The molecule has 0 saturated heterocycles. The van der Waals surface area contributed by atoms with E-state index in [1.54, 1.807) is 6.92 Å². The molecule has 1 aliphatic rings. The second-order valence-corrected chi connectivity index (χ2v) is 5.75. The van der Waals surface area contributed by atoms with Gasteiger partial charge in [0, 0.05) is 11.4 Å². The summed E-state index contributed by atoms with van der Waals surface area (Å²) in [5.74, 6) is -1.08.